The minimum atomic E-state index is -3.38. The van der Waals surface area contributed by atoms with Crippen LogP contribution in [-0.2, 0) is 15.0 Å². The molecule has 0 aromatic heterocycles. The van der Waals surface area contributed by atoms with Crippen LogP contribution in [0.5, 0.6) is 0 Å². The minimum absolute atomic E-state index is 0.0471. The van der Waals surface area contributed by atoms with Crippen molar-refractivity contribution in [2.75, 3.05) is 20.6 Å². The molecular weight excluding hydrogens is 228 g/mol. The molecule has 5 nitrogen and oxygen atoms in total. The van der Waals surface area contributed by atoms with E-state index in [9.17, 15) is 13.2 Å². The summed E-state index contributed by atoms with van der Waals surface area (Å²) >= 11 is 0. The summed E-state index contributed by atoms with van der Waals surface area (Å²) in [6.07, 6.45) is 2.98. The summed E-state index contributed by atoms with van der Waals surface area (Å²) in [4.78, 5) is 11.1. The number of hydrogen-bond donors (Lipinski definition) is 0. The van der Waals surface area contributed by atoms with Crippen molar-refractivity contribution in [2.24, 2.45) is 0 Å². The molecule has 0 aromatic rings. The molecule has 1 unspecified atom stereocenters. The summed E-state index contributed by atoms with van der Waals surface area (Å²) in [6, 6.07) is -0.154. The maximum absolute atomic E-state index is 12.0. The number of carbonyl (C=O) groups is 1. The highest BCUT2D eigenvalue weighted by molar-refractivity contribution is 7.86. The topological polar surface area (TPSA) is 57.7 Å². The van der Waals surface area contributed by atoms with Crippen molar-refractivity contribution in [2.45, 2.75) is 38.6 Å². The van der Waals surface area contributed by atoms with Gasteiger partial charge >= 0.3 is 0 Å². The standard InChI is InChI=1S/C10H20N2O3S/c1-9(13)8-10-6-4-5-7-12(10)16(14,15)11(2)3/h10H,4-8H2,1-3H3. The maximum Gasteiger partial charge on any atom is 0.281 e. The summed E-state index contributed by atoms with van der Waals surface area (Å²) in [5.74, 6) is 0.0471. The van der Waals surface area contributed by atoms with Crippen molar-refractivity contribution in [3.8, 4) is 0 Å². The third-order valence-electron chi connectivity index (χ3n) is 2.85. The van der Waals surface area contributed by atoms with E-state index in [2.05, 4.69) is 0 Å². The average Bonchev–Trinajstić information content (AvgIpc) is 2.17. The van der Waals surface area contributed by atoms with Crippen molar-refractivity contribution in [1.82, 2.24) is 8.61 Å². The van der Waals surface area contributed by atoms with Crippen LogP contribution in [0.1, 0.15) is 32.6 Å². The number of hydrogen-bond acceptors (Lipinski definition) is 3. The van der Waals surface area contributed by atoms with Crippen LogP contribution in [0.25, 0.3) is 0 Å². The second-order valence-corrected chi connectivity index (χ2v) is 6.55. The van der Waals surface area contributed by atoms with Crippen LogP contribution < -0.4 is 0 Å². The predicted molar refractivity (Wildman–Crippen MR) is 62.2 cm³/mol. The Labute approximate surface area is 97.6 Å². The van der Waals surface area contributed by atoms with E-state index in [1.165, 1.54) is 29.6 Å². The van der Waals surface area contributed by atoms with Crippen LogP contribution in [-0.4, -0.2) is 49.5 Å². The first kappa shape index (κ1) is 13.6. The monoisotopic (exact) mass is 248 g/mol. The molecule has 6 heteroatoms. The third kappa shape index (κ3) is 3.02. The van der Waals surface area contributed by atoms with Gasteiger partial charge in [0.05, 0.1) is 0 Å². The Bertz CT molecular complexity index is 351. The van der Waals surface area contributed by atoms with Gasteiger partial charge in [-0.3, -0.25) is 4.79 Å². The molecule has 94 valence electrons. The zero-order valence-electron chi connectivity index (χ0n) is 10.1. The van der Waals surface area contributed by atoms with Gasteiger partial charge in [0.15, 0.2) is 0 Å². The maximum atomic E-state index is 12.0. The fourth-order valence-corrected chi connectivity index (χ4v) is 3.36. The van der Waals surface area contributed by atoms with Crippen LogP contribution in [0.15, 0.2) is 0 Å². The second kappa shape index (κ2) is 5.25. The average molecular weight is 248 g/mol. The lowest BCUT2D eigenvalue weighted by molar-refractivity contribution is -0.118. The van der Waals surface area contributed by atoms with Crippen molar-refractivity contribution in [3.05, 3.63) is 0 Å². The lowest BCUT2D eigenvalue weighted by atomic mass is 10.0. The molecule has 1 heterocycles. The number of ketones is 1. The molecule has 0 spiro atoms. The van der Waals surface area contributed by atoms with E-state index in [4.69, 9.17) is 0 Å². The molecule has 1 rings (SSSR count). The molecule has 0 radical (unpaired) electrons. The molecule has 0 bridgehead atoms. The summed E-state index contributed by atoms with van der Waals surface area (Å²) in [5.41, 5.74) is 0. The first-order valence-electron chi connectivity index (χ1n) is 5.54. The van der Waals surface area contributed by atoms with Gasteiger partial charge in [-0.25, -0.2) is 0 Å². The molecule has 1 atom stereocenters. The van der Waals surface area contributed by atoms with E-state index in [1.54, 1.807) is 0 Å². The summed E-state index contributed by atoms with van der Waals surface area (Å²) in [6.45, 7) is 2.04. The highest BCUT2D eigenvalue weighted by Crippen LogP contribution is 2.23. The molecule has 16 heavy (non-hydrogen) atoms. The largest absolute Gasteiger partial charge is 0.300 e. The normalized spacial score (nSPS) is 23.6. The Morgan fingerprint density at radius 3 is 2.50 bits per heavy atom. The molecule has 1 saturated heterocycles. The Hall–Kier alpha value is -0.460. The first-order chi connectivity index (χ1) is 7.35. The first-order valence-corrected chi connectivity index (χ1v) is 6.94. The Kier molecular flexibility index (Phi) is 4.46. The number of nitrogens with zero attached hydrogens (tertiary/aromatic N) is 2. The van der Waals surface area contributed by atoms with Crippen LogP contribution in [0, 0.1) is 0 Å². The highest BCUT2D eigenvalue weighted by Gasteiger charge is 2.34. The fourth-order valence-electron chi connectivity index (χ4n) is 2.02. The fraction of sp³-hybridized carbons (Fsp3) is 0.900. The van der Waals surface area contributed by atoms with Crippen LogP contribution in [0.3, 0.4) is 0 Å². The lowest BCUT2D eigenvalue weighted by Gasteiger charge is -2.35. The van der Waals surface area contributed by atoms with Gasteiger partial charge in [-0.2, -0.15) is 17.0 Å². The number of carbonyl (C=O) groups excluding carboxylic acids is 1. The van der Waals surface area contributed by atoms with E-state index in [0.717, 1.165) is 19.3 Å². The number of Topliss-reactive ketones (excluding diaryl/α,β-unsaturated/α-hetero) is 1. The predicted octanol–water partition coefficient (Wildman–Crippen LogP) is 0.626. The molecule has 0 N–H and O–H groups in total. The molecular formula is C10H20N2O3S. The summed E-state index contributed by atoms with van der Waals surface area (Å²) in [7, 11) is -0.335. The van der Waals surface area contributed by atoms with Gasteiger partial charge in [0.2, 0.25) is 0 Å². The van der Waals surface area contributed by atoms with Gasteiger partial charge < -0.3 is 0 Å². The number of rotatable bonds is 4. The molecule has 1 fully saturated rings. The summed E-state index contributed by atoms with van der Waals surface area (Å²) < 4.78 is 26.7. The molecule has 0 saturated carbocycles. The van der Waals surface area contributed by atoms with Gasteiger partial charge in [-0.05, 0) is 19.8 Å². The van der Waals surface area contributed by atoms with E-state index in [-0.39, 0.29) is 11.8 Å². The highest BCUT2D eigenvalue weighted by atomic mass is 32.2. The van der Waals surface area contributed by atoms with Crippen LogP contribution in [0.4, 0.5) is 0 Å². The zero-order chi connectivity index (χ0) is 12.3. The third-order valence-corrected chi connectivity index (χ3v) is 4.85. The quantitative estimate of drug-likeness (QED) is 0.733. The SMILES string of the molecule is CC(=O)CC1CCCCN1S(=O)(=O)N(C)C. The molecule has 0 aromatic carbocycles. The molecule has 0 amide bonds. The Morgan fingerprint density at radius 2 is 2.00 bits per heavy atom. The van der Waals surface area contributed by atoms with E-state index in [1.807, 2.05) is 0 Å². The zero-order valence-corrected chi connectivity index (χ0v) is 11.0. The molecule has 1 aliphatic rings. The van der Waals surface area contributed by atoms with Gasteiger partial charge in [-0.1, -0.05) is 6.42 Å². The summed E-state index contributed by atoms with van der Waals surface area (Å²) in [5, 5.41) is 0. The van der Waals surface area contributed by atoms with Crippen molar-refractivity contribution >= 4 is 16.0 Å². The van der Waals surface area contributed by atoms with Gasteiger partial charge in [0, 0.05) is 33.1 Å². The van der Waals surface area contributed by atoms with Crippen molar-refractivity contribution in [3.63, 3.8) is 0 Å². The number of piperidine rings is 1. The van der Waals surface area contributed by atoms with Crippen LogP contribution in [0.2, 0.25) is 0 Å². The van der Waals surface area contributed by atoms with Gasteiger partial charge in [0.1, 0.15) is 5.78 Å². The van der Waals surface area contributed by atoms with Gasteiger partial charge in [-0.15, -0.1) is 0 Å². The van der Waals surface area contributed by atoms with Gasteiger partial charge in [0.25, 0.3) is 10.2 Å². The smallest absolute Gasteiger partial charge is 0.281 e. The van der Waals surface area contributed by atoms with Crippen LogP contribution >= 0.6 is 0 Å². The Balaban J connectivity index is 2.86. The van der Waals surface area contributed by atoms with E-state index < -0.39 is 10.2 Å². The minimum Gasteiger partial charge on any atom is -0.300 e. The Morgan fingerprint density at radius 1 is 1.38 bits per heavy atom. The second-order valence-electron chi connectivity index (χ2n) is 4.46. The van der Waals surface area contributed by atoms with Crippen molar-refractivity contribution < 1.29 is 13.2 Å². The van der Waals surface area contributed by atoms with E-state index in [0.29, 0.717) is 13.0 Å². The van der Waals surface area contributed by atoms with Crippen molar-refractivity contribution in [1.29, 1.82) is 0 Å². The molecule has 0 aliphatic carbocycles. The molecule has 1 aliphatic heterocycles. The lowest BCUT2D eigenvalue weighted by Crippen LogP contribution is -2.49. The van der Waals surface area contributed by atoms with E-state index >= 15 is 0 Å².